The number of ether oxygens (including phenoxy) is 2. The predicted octanol–water partition coefficient (Wildman–Crippen LogP) is 3.03. The molecule has 2 aromatic rings. The van der Waals surface area contributed by atoms with Gasteiger partial charge in [-0.1, -0.05) is 6.07 Å². The maximum atomic E-state index is 12.4. The molecule has 1 atom stereocenters. The zero-order valence-corrected chi connectivity index (χ0v) is 16.1. The molecule has 1 aliphatic heterocycles. The van der Waals surface area contributed by atoms with Gasteiger partial charge in [-0.05, 0) is 55.3 Å². The van der Waals surface area contributed by atoms with E-state index in [4.69, 9.17) is 4.74 Å². The summed E-state index contributed by atoms with van der Waals surface area (Å²) in [6.07, 6.45) is 2.06. The standard InChI is InChI=1S/C21H23N3O5/c1-28-20(26)15-5-2-4-14(12-15)19(25)23-16-7-9-17(10-8-16)24-21(27)22-13-18-6-3-11-29-18/h2,4-5,7-10,12,18H,3,6,11,13H2,1H3,(H,23,25)(H2,22,24,27). The number of nitrogens with one attached hydrogen (secondary N) is 3. The lowest BCUT2D eigenvalue weighted by atomic mass is 10.1. The highest BCUT2D eigenvalue weighted by molar-refractivity contribution is 6.05. The number of methoxy groups -OCH3 is 1. The Morgan fingerprint density at radius 3 is 2.38 bits per heavy atom. The molecule has 0 saturated carbocycles. The van der Waals surface area contributed by atoms with E-state index in [0.717, 1.165) is 19.4 Å². The lowest BCUT2D eigenvalue weighted by Gasteiger charge is -2.12. The van der Waals surface area contributed by atoms with Crippen LogP contribution < -0.4 is 16.0 Å². The molecule has 0 aromatic heterocycles. The Labute approximate surface area is 168 Å². The molecular weight excluding hydrogens is 374 g/mol. The summed E-state index contributed by atoms with van der Waals surface area (Å²) in [6, 6.07) is 12.7. The highest BCUT2D eigenvalue weighted by atomic mass is 16.5. The minimum absolute atomic E-state index is 0.0797. The van der Waals surface area contributed by atoms with Crippen LogP contribution >= 0.6 is 0 Å². The van der Waals surface area contributed by atoms with E-state index >= 15 is 0 Å². The van der Waals surface area contributed by atoms with Crippen LogP contribution in [-0.2, 0) is 9.47 Å². The van der Waals surface area contributed by atoms with Gasteiger partial charge in [0.25, 0.3) is 5.91 Å². The average Bonchev–Trinajstić information content (AvgIpc) is 3.27. The normalized spacial score (nSPS) is 15.4. The van der Waals surface area contributed by atoms with Crippen LogP contribution in [0, 0.1) is 0 Å². The SMILES string of the molecule is COC(=O)c1cccc(C(=O)Nc2ccc(NC(=O)NCC3CCCO3)cc2)c1. The first-order valence-electron chi connectivity index (χ1n) is 9.31. The molecule has 8 heteroatoms. The third-order valence-corrected chi connectivity index (χ3v) is 4.46. The monoisotopic (exact) mass is 397 g/mol. The van der Waals surface area contributed by atoms with Crippen LogP contribution in [0.1, 0.15) is 33.6 Å². The summed E-state index contributed by atoms with van der Waals surface area (Å²) < 4.78 is 10.1. The zero-order valence-electron chi connectivity index (χ0n) is 16.1. The number of carbonyl (C=O) groups is 3. The van der Waals surface area contributed by atoms with Crippen molar-refractivity contribution in [1.29, 1.82) is 0 Å². The second kappa shape index (κ2) is 9.70. The molecule has 3 rings (SSSR count). The lowest BCUT2D eigenvalue weighted by molar-refractivity contribution is 0.0600. The number of anilines is 2. The van der Waals surface area contributed by atoms with Crippen LogP contribution in [0.4, 0.5) is 16.2 Å². The number of benzene rings is 2. The van der Waals surface area contributed by atoms with Crippen molar-refractivity contribution in [2.75, 3.05) is 30.9 Å². The number of carbonyl (C=O) groups excluding carboxylic acids is 3. The number of rotatable bonds is 6. The molecule has 29 heavy (non-hydrogen) atoms. The highest BCUT2D eigenvalue weighted by Gasteiger charge is 2.16. The molecule has 1 fully saturated rings. The van der Waals surface area contributed by atoms with Crippen LogP contribution in [0.3, 0.4) is 0 Å². The molecule has 3 N–H and O–H groups in total. The first-order chi connectivity index (χ1) is 14.0. The third kappa shape index (κ3) is 5.79. The molecular formula is C21H23N3O5. The Bertz CT molecular complexity index is 876. The summed E-state index contributed by atoms with van der Waals surface area (Å²) in [7, 11) is 1.29. The number of amides is 3. The van der Waals surface area contributed by atoms with Gasteiger partial charge in [0.05, 0.1) is 18.8 Å². The van der Waals surface area contributed by atoms with Gasteiger partial charge in [-0.3, -0.25) is 4.79 Å². The number of hydrogen-bond donors (Lipinski definition) is 3. The van der Waals surface area contributed by atoms with E-state index in [1.165, 1.54) is 13.2 Å². The Hall–Kier alpha value is -3.39. The van der Waals surface area contributed by atoms with Gasteiger partial charge in [0.1, 0.15) is 0 Å². The van der Waals surface area contributed by atoms with Crippen molar-refractivity contribution in [3.05, 3.63) is 59.7 Å². The maximum absolute atomic E-state index is 12.4. The largest absolute Gasteiger partial charge is 0.465 e. The van der Waals surface area contributed by atoms with Gasteiger partial charge in [0, 0.05) is 30.1 Å². The van der Waals surface area contributed by atoms with Crippen molar-refractivity contribution in [2.24, 2.45) is 0 Å². The van der Waals surface area contributed by atoms with Gasteiger partial charge in [-0.2, -0.15) is 0 Å². The van der Waals surface area contributed by atoms with Gasteiger partial charge in [0.2, 0.25) is 0 Å². The second-order valence-electron chi connectivity index (χ2n) is 6.57. The molecule has 2 aromatic carbocycles. The highest BCUT2D eigenvalue weighted by Crippen LogP contribution is 2.16. The molecule has 1 unspecified atom stereocenters. The number of esters is 1. The van der Waals surface area contributed by atoms with Crippen LogP contribution in [0.5, 0.6) is 0 Å². The third-order valence-electron chi connectivity index (χ3n) is 4.46. The van der Waals surface area contributed by atoms with Gasteiger partial charge >= 0.3 is 12.0 Å². The quantitative estimate of drug-likeness (QED) is 0.650. The predicted molar refractivity (Wildman–Crippen MR) is 108 cm³/mol. The topological polar surface area (TPSA) is 106 Å². The van der Waals surface area contributed by atoms with Crippen molar-refractivity contribution >= 4 is 29.3 Å². The van der Waals surface area contributed by atoms with E-state index < -0.39 is 5.97 Å². The lowest BCUT2D eigenvalue weighted by Crippen LogP contribution is -2.35. The fourth-order valence-electron chi connectivity index (χ4n) is 2.93. The summed E-state index contributed by atoms with van der Waals surface area (Å²) in [5.41, 5.74) is 1.79. The molecule has 1 saturated heterocycles. The van der Waals surface area contributed by atoms with E-state index in [0.29, 0.717) is 29.0 Å². The van der Waals surface area contributed by atoms with E-state index in [-0.39, 0.29) is 18.0 Å². The molecule has 0 radical (unpaired) electrons. The number of urea groups is 1. The molecule has 3 amide bonds. The van der Waals surface area contributed by atoms with Crippen molar-refractivity contribution in [3.8, 4) is 0 Å². The zero-order chi connectivity index (χ0) is 20.6. The summed E-state index contributed by atoms with van der Waals surface area (Å²) in [5, 5.41) is 8.26. The first-order valence-corrected chi connectivity index (χ1v) is 9.31. The van der Waals surface area contributed by atoms with E-state index in [2.05, 4.69) is 20.7 Å². The molecule has 8 nitrogen and oxygen atoms in total. The van der Waals surface area contributed by atoms with Crippen molar-refractivity contribution in [3.63, 3.8) is 0 Å². The average molecular weight is 397 g/mol. The van der Waals surface area contributed by atoms with E-state index in [1.54, 1.807) is 42.5 Å². The molecule has 1 aliphatic rings. The Morgan fingerprint density at radius 2 is 1.72 bits per heavy atom. The van der Waals surface area contributed by atoms with Gasteiger partial charge in [-0.25, -0.2) is 9.59 Å². The fraction of sp³-hybridized carbons (Fsp3) is 0.286. The summed E-state index contributed by atoms with van der Waals surface area (Å²) in [4.78, 5) is 35.9. The van der Waals surface area contributed by atoms with Gasteiger partial charge < -0.3 is 25.4 Å². The van der Waals surface area contributed by atoms with Gasteiger partial charge in [0.15, 0.2) is 0 Å². The van der Waals surface area contributed by atoms with Crippen LogP contribution in [0.25, 0.3) is 0 Å². The van der Waals surface area contributed by atoms with Crippen LogP contribution in [0.2, 0.25) is 0 Å². The minimum Gasteiger partial charge on any atom is -0.465 e. The Kier molecular flexibility index (Phi) is 6.80. The first kappa shape index (κ1) is 20.3. The van der Waals surface area contributed by atoms with Gasteiger partial charge in [-0.15, -0.1) is 0 Å². The summed E-state index contributed by atoms with van der Waals surface area (Å²) >= 11 is 0. The smallest absolute Gasteiger partial charge is 0.337 e. The molecule has 0 spiro atoms. The molecule has 0 bridgehead atoms. The fourth-order valence-corrected chi connectivity index (χ4v) is 2.93. The summed E-state index contributed by atoms with van der Waals surface area (Å²) in [6.45, 7) is 1.22. The minimum atomic E-state index is -0.507. The van der Waals surface area contributed by atoms with Crippen molar-refractivity contribution in [1.82, 2.24) is 5.32 Å². The van der Waals surface area contributed by atoms with Crippen LogP contribution in [0.15, 0.2) is 48.5 Å². The molecule has 1 heterocycles. The summed E-state index contributed by atoms with van der Waals surface area (Å²) in [5.74, 6) is -0.862. The molecule has 152 valence electrons. The Balaban J connectivity index is 1.52. The van der Waals surface area contributed by atoms with Crippen molar-refractivity contribution in [2.45, 2.75) is 18.9 Å². The van der Waals surface area contributed by atoms with E-state index in [9.17, 15) is 14.4 Å². The van der Waals surface area contributed by atoms with E-state index in [1.807, 2.05) is 0 Å². The molecule has 0 aliphatic carbocycles. The number of hydrogen-bond acceptors (Lipinski definition) is 5. The van der Waals surface area contributed by atoms with Crippen molar-refractivity contribution < 1.29 is 23.9 Å². The second-order valence-corrected chi connectivity index (χ2v) is 6.57. The van der Waals surface area contributed by atoms with Crippen LogP contribution in [-0.4, -0.2) is 44.3 Å². The maximum Gasteiger partial charge on any atom is 0.337 e. The Morgan fingerprint density at radius 1 is 1.03 bits per heavy atom.